The quantitative estimate of drug-likeness (QED) is 0.830. The molecule has 2 aromatic carbocycles. The molecule has 1 aliphatic heterocycles. The monoisotopic (exact) mass is 353 g/mol. The zero-order valence-electron chi connectivity index (χ0n) is 14.8. The second-order valence-corrected chi connectivity index (χ2v) is 6.37. The SMILES string of the molecule is COc1cc#cc(N2CCN(c3cccc(O)c3)C(CCC(N)=O)C2)c1. The van der Waals surface area contributed by atoms with Crippen molar-refractivity contribution < 1.29 is 14.6 Å². The molecule has 1 aliphatic rings. The molecule has 1 unspecified atom stereocenters. The summed E-state index contributed by atoms with van der Waals surface area (Å²) in [6.45, 7) is 2.28. The normalized spacial score (nSPS) is 16.9. The molecule has 1 atom stereocenters. The molecular formula is C20H23N3O3. The molecule has 2 aromatic rings. The van der Waals surface area contributed by atoms with E-state index in [1.807, 2.05) is 18.2 Å². The predicted octanol–water partition coefficient (Wildman–Crippen LogP) is 1.96. The molecule has 1 saturated heterocycles. The largest absolute Gasteiger partial charge is 0.508 e. The first-order valence-electron chi connectivity index (χ1n) is 8.63. The highest BCUT2D eigenvalue weighted by atomic mass is 16.5. The molecule has 0 aromatic heterocycles. The lowest BCUT2D eigenvalue weighted by Crippen LogP contribution is -2.53. The molecule has 1 amide bonds. The molecule has 3 N–H and O–H groups in total. The number of benzene rings is 1. The van der Waals surface area contributed by atoms with Crippen molar-refractivity contribution in [1.82, 2.24) is 0 Å². The third kappa shape index (κ3) is 4.12. The number of aromatic hydroxyl groups is 1. The minimum Gasteiger partial charge on any atom is -0.508 e. The van der Waals surface area contributed by atoms with E-state index in [-0.39, 0.29) is 17.7 Å². The van der Waals surface area contributed by atoms with E-state index in [0.29, 0.717) is 12.8 Å². The molecule has 0 spiro atoms. The number of nitrogens with two attached hydrogens (primary N) is 1. The first-order valence-corrected chi connectivity index (χ1v) is 8.63. The van der Waals surface area contributed by atoms with Gasteiger partial charge in [0.15, 0.2) is 0 Å². The van der Waals surface area contributed by atoms with Crippen molar-refractivity contribution in [3.8, 4) is 11.5 Å². The van der Waals surface area contributed by atoms with Crippen LogP contribution in [0, 0.1) is 12.1 Å². The van der Waals surface area contributed by atoms with Gasteiger partial charge in [-0.15, -0.1) is 0 Å². The highest BCUT2D eigenvalue weighted by molar-refractivity contribution is 5.73. The van der Waals surface area contributed by atoms with E-state index in [0.717, 1.165) is 36.8 Å². The van der Waals surface area contributed by atoms with Crippen molar-refractivity contribution in [2.24, 2.45) is 5.73 Å². The van der Waals surface area contributed by atoms with Gasteiger partial charge < -0.3 is 25.4 Å². The van der Waals surface area contributed by atoms with Crippen LogP contribution in [0.2, 0.25) is 0 Å². The van der Waals surface area contributed by atoms with Crippen LogP contribution in [-0.2, 0) is 4.79 Å². The van der Waals surface area contributed by atoms with Gasteiger partial charge in [0.1, 0.15) is 11.5 Å². The van der Waals surface area contributed by atoms with Crippen molar-refractivity contribution in [2.75, 3.05) is 36.5 Å². The Hall–Kier alpha value is -3.07. The van der Waals surface area contributed by atoms with Gasteiger partial charge >= 0.3 is 0 Å². The Morgan fingerprint density at radius 1 is 1.38 bits per heavy atom. The van der Waals surface area contributed by atoms with Crippen molar-refractivity contribution >= 4 is 17.3 Å². The molecule has 1 fully saturated rings. The molecule has 26 heavy (non-hydrogen) atoms. The Labute approximate surface area is 153 Å². The highest BCUT2D eigenvalue weighted by Gasteiger charge is 2.28. The average Bonchev–Trinajstić information content (AvgIpc) is 2.66. The fraction of sp³-hybridized carbons (Fsp3) is 0.350. The van der Waals surface area contributed by atoms with Crippen molar-refractivity contribution in [3.05, 3.63) is 48.5 Å². The molecule has 0 saturated carbocycles. The summed E-state index contributed by atoms with van der Waals surface area (Å²) < 4.78 is 5.28. The summed E-state index contributed by atoms with van der Waals surface area (Å²) >= 11 is 0. The summed E-state index contributed by atoms with van der Waals surface area (Å²) in [7, 11) is 1.63. The number of hydrogen-bond donors (Lipinski definition) is 2. The molecule has 0 radical (unpaired) electrons. The Morgan fingerprint density at radius 3 is 2.96 bits per heavy atom. The molecule has 3 rings (SSSR count). The highest BCUT2D eigenvalue weighted by Crippen LogP contribution is 2.28. The van der Waals surface area contributed by atoms with Gasteiger partial charge in [-0.2, -0.15) is 0 Å². The first kappa shape index (κ1) is 17.7. The van der Waals surface area contributed by atoms with Gasteiger partial charge in [-0.3, -0.25) is 4.79 Å². The van der Waals surface area contributed by atoms with E-state index < -0.39 is 0 Å². The Morgan fingerprint density at radius 2 is 2.23 bits per heavy atom. The Bertz CT molecular complexity index is 765. The van der Waals surface area contributed by atoms with Gasteiger partial charge in [0, 0.05) is 56.0 Å². The molecule has 0 bridgehead atoms. The standard InChI is InChI=1S/C20H23N3O3/c1-26-19-7-3-4-15(13-19)22-10-11-23(16-5-2-6-18(24)12-16)17(14-22)8-9-20(21)25/h2,5-7,12-13,17,24H,8-11,14H2,1H3,(H2,21,25). The van der Waals surface area contributed by atoms with E-state index in [9.17, 15) is 9.90 Å². The number of piperazine rings is 1. The second kappa shape index (κ2) is 7.87. The van der Waals surface area contributed by atoms with Gasteiger partial charge in [-0.05, 0) is 24.6 Å². The van der Waals surface area contributed by atoms with Crippen LogP contribution in [0.15, 0.2) is 36.4 Å². The Balaban J connectivity index is 1.81. The molecule has 1 heterocycles. The lowest BCUT2D eigenvalue weighted by molar-refractivity contribution is -0.118. The minimum absolute atomic E-state index is 0.0950. The van der Waals surface area contributed by atoms with Crippen LogP contribution in [0.3, 0.4) is 0 Å². The van der Waals surface area contributed by atoms with Gasteiger partial charge in [0.05, 0.1) is 12.8 Å². The Kier molecular flexibility index (Phi) is 5.37. The molecule has 6 heteroatoms. The van der Waals surface area contributed by atoms with E-state index in [1.165, 1.54) is 0 Å². The number of ether oxygens (including phenoxy) is 1. The molecule has 0 aliphatic carbocycles. The minimum atomic E-state index is -0.306. The smallest absolute Gasteiger partial charge is 0.217 e. The van der Waals surface area contributed by atoms with Crippen molar-refractivity contribution in [1.29, 1.82) is 0 Å². The molecular weight excluding hydrogens is 330 g/mol. The van der Waals surface area contributed by atoms with E-state index in [4.69, 9.17) is 10.5 Å². The molecule has 136 valence electrons. The fourth-order valence-corrected chi connectivity index (χ4v) is 3.32. The lowest BCUT2D eigenvalue weighted by Gasteiger charge is -2.43. The van der Waals surface area contributed by atoms with Gasteiger partial charge in [-0.25, -0.2) is 0 Å². The van der Waals surface area contributed by atoms with Crippen molar-refractivity contribution in [3.63, 3.8) is 0 Å². The summed E-state index contributed by atoms with van der Waals surface area (Å²) in [4.78, 5) is 15.7. The number of carbonyl (C=O) groups excluding carboxylic acids is 1. The maximum absolute atomic E-state index is 11.3. The fourth-order valence-electron chi connectivity index (χ4n) is 3.32. The molecule has 6 nitrogen and oxygen atoms in total. The number of primary amides is 1. The van der Waals surface area contributed by atoms with Crippen LogP contribution < -0.4 is 20.3 Å². The number of hydrogen-bond acceptors (Lipinski definition) is 5. The second-order valence-electron chi connectivity index (χ2n) is 6.37. The summed E-state index contributed by atoms with van der Waals surface area (Å²) in [5.41, 5.74) is 7.23. The third-order valence-corrected chi connectivity index (χ3v) is 4.64. The summed E-state index contributed by atoms with van der Waals surface area (Å²) in [6, 6.07) is 17.1. The number of nitrogens with zero attached hydrogens (tertiary/aromatic N) is 2. The zero-order valence-corrected chi connectivity index (χ0v) is 14.8. The van der Waals surface area contributed by atoms with Gasteiger partial charge in [-0.1, -0.05) is 12.1 Å². The van der Waals surface area contributed by atoms with E-state index >= 15 is 0 Å². The number of phenolic OH excluding ortho intramolecular Hbond substituents is 1. The maximum atomic E-state index is 11.3. The van der Waals surface area contributed by atoms with Gasteiger partial charge in [0.2, 0.25) is 5.91 Å². The average molecular weight is 353 g/mol. The number of amides is 1. The predicted molar refractivity (Wildman–Crippen MR) is 101 cm³/mol. The van der Waals surface area contributed by atoms with Crippen LogP contribution in [-0.4, -0.2) is 43.8 Å². The summed E-state index contributed by atoms with van der Waals surface area (Å²) in [6.07, 6.45) is 0.969. The number of methoxy groups -OCH3 is 1. The van der Waals surface area contributed by atoms with Crippen molar-refractivity contribution in [2.45, 2.75) is 18.9 Å². The van der Waals surface area contributed by atoms with E-state index in [2.05, 4.69) is 21.9 Å². The van der Waals surface area contributed by atoms with Crippen LogP contribution in [0.1, 0.15) is 12.8 Å². The number of carbonyl (C=O) groups is 1. The topological polar surface area (TPSA) is 79.0 Å². The third-order valence-electron chi connectivity index (χ3n) is 4.64. The van der Waals surface area contributed by atoms with E-state index in [1.54, 1.807) is 25.3 Å². The number of phenols is 1. The van der Waals surface area contributed by atoms with Crippen LogP contribution >= 0.6 is 0 Å². The number of anilines is 2. The summed E-state index contributed by atoms with van der Waals surface area (Å²) in [5, 5.41) is 9.80. The number of rotatable bonds is 6. The maximum Gasteiger partial charge on any atom is 0.217 e. The van der Waals surface area contributed by atoms with Crippen LogP contribution in [0.25, 0.3) is 0 Å². The van der Waals surface area contributed by atoms with Gasteiger partial charge in [0.25, 0.3) is 0 Å². The summed E-state index contributed by atoms with van der Waals surface area (Å²) in [5.74, 6) is 0.663. The first-order chi connectivity index (χ1) is 12.6. The van der Waals surface area contributed by atoms with Crippen LogP contribution in [0.5, 0.6) is 11.5 Å². The lowest BCUT2D eigenvalue weighted by atomic mass is 10.0. The van der Waals surface area contributed by atoms with Crippen LogP contribution in [0.4, 0.5) is 11.4 Å². The zero-order chi connectivity index (χ0) is 18.5.